The van der Waals surface area contributed by atoms with Crippen molar-refractivity contribution >= 4 is 27.6 Å². The summed E-state index contributed by atoms with van der Waals surface area (Å²) in [6.07, 6.45) is 30.8. The third-order valence-electron chi connectivity index (χ3n) is 10.5. The van der Waals surface area contributed by atoms with E-state index in [1.807, 2.05) is 6.08 Å². The molecule has 1 saturated carbocycles. The number of ether oxygens (including phenoxy) is 2. The van der Waals surface area contributed by atoms with Crippen LogP contribution in [0.15, 0.2) is 109 Å². The Morgan fingerprint density at radius 1 is 0.549 bits per heavy atom. The smallest absolute Gasteiger partial charge is 0.462 e. The van der Waals surface area contributed by atoms with Gasteiger partial charge in [-0.2, -0.15) is 0 Å². The van der Waals surface area contributed by atoms with Gasteiger partial charge in [0.25, 0.3) is 0 Å². The van der Waals surface area contributed by atoms with Crippen LogP contribution >= 0.6 is 15.6 Å². The first-order chi connectivity index (χ1) is 33.9. The van der Waals surface area contributed by atoms with Crippen molar-refractivity contribution in [2.75, 3.05) is 13.2 Å². The zero-order valence-corrected chi connectivity index (χ0v) is 43.1. The second-order valence-corrected chi connectivity index (χ2v) is 19.4. The Labute approximate surface area is 420 Å². The van der Waals surface area contributed by atoms with E-state index in [2.05, 4.69) is 85.2 Å². The van der Waals surface area contributed by atoms with Crippen molar-refractivity contribution in [1.82, 2.24) is 0 Å². The summed E-state index contributed by atoms with van der Waals surface area (Å²) >= 11 is 0. The Bertz CT molecular complexity index is 1820. The molecule has 1 rings (SSSR count). The third kappa shape index (κ3) is 34.6. The molecule has 0 saturated heterocycles. The Kier molecular flexibility index (Phi) is 37.0. The van der Waals surface area contributed by atoms with Crippen LogP contribution in [0, 0.1) is 0 Å². The topological polar surface area (TPSA) is 296 Å². The molecular formula is C51H82O18P2. The first-order valence-corrected chi connectivity index (χ1v) is 27.7. The zero-order chi connectivity index (χ0) is 52.8. The van der Waals surface area contributed by atoms with Gasteiger partial charge in [0.05, 0.1) is 18.8 Å². The lowest BCUT2D eigenvalue weighted by Gasteiger charge is -2.43. The van der Waals surface area contributed by atoms with E-state index in [1.54, 1.807) is 30.4 Å². The van der Waals surface area contributed by atoms with Gasteiger partial charge in [-0.1, -0.05) is 142 Å². The minimum Gasteiger partial charge on any atom is -0.462 e. The van der Waals surface area contributed by atoms with Crippen LogP contribution in [0.5, 0.6) is 0 Å². The predicted octanol–water partition coefficient (Wildman–Crippen LogP) is 7.67. The van der Waals surface area contributed by atoms with E-state index >= 15 is 0 Å². The Balaban J connectivity index is 2.72. The van der Waals surface area contributed by atoms with Gasteiger partial charge in [-0.05, 0) is 83.5 Å². The van der Waals surface area contributed by atoms with E-state index in [4.69, 9.17) is 18.5 Å². The first-order valence-electron chi connectivity index (χ1n) is 24.6. The molecule has 18 nitrogen and oxygen atoms in total. The summed E-state index contributed by atoms with van der Waals surface area (Å²) in [5.41, 5.74) is 0. The van der Waals surface area contributed by atoms with Gasteiger partial charge in [-0.3, -0.25) is 23.2 Å². The van der Waals surface area contributed by atoms with E-state index in [1.165, 1.54) is 12.5 Å². The van der Waals surface area contributed by atoms with E-state index in [-0.39, 0.29) is 25.7 Å². The summed E-state index contributed by atoms with van der Waals surface area (Å²) in [5.74, 6) is -1.50. The molecule has 20 heteroatoms. The number of hydrogen-bond donors (Lipinski definition) is 9. The summed E-state index contributed by atoms with van der Waals surface area (Å²) < 4.78 is 49.2. The lowest BCUT2D eigenvalue weighted by atomic mass is 9.85. The van der Waals surface area contributed by atoms with Gasteiger partial charge in [0.2, 0.25) is 0 Å². The van der Waals surface area contributed by atoms with Gasteiger partial charge in [0, 0.05) is 12.8 Å². The van der Waals surface area contributed by atoms with Gasteiger partial charge in [0.1, 0.15) is 43.2 Å². The standard InChI is InChI=1S/C51H82O18P2/c1-3-5-7-9-11-12-13-14-15-16-17-18-19-20-21-22-23-25-31-37-44(54)65-39-43(40-66-71(63,64)69-51-48(58)46(56)47(57)50(49(51)59)68-70(60,61)62)67-45(55)38-32-36-42(53)35-30-27-26-29-34-41(52)33-28-24-10-8-6-4-2/h5,7,11-12,14-15,17-18,20-21,24,26-30,34-35,41-43,46-53,56-59H,3-4,6,8-10,13,16,19,22-23,25,31-33,36-40H2,1-2H3,(H,63,64)(H2,60,61,62)/b7-5-,12-11-,15-14-,18-17-,21-20-,27-26+,28-24-,34-29+,35-30-/t41-,42-,43+,46?,47?,48?,49?,50+,51-/m0/s1. The van der Waals surface area contributed by atoms with Gasteiger partial charge < -0.3 is 54.8 Å². The fourth-order valence-electron chi connectivity index (χ4n) is 6.66. The molecule has 1 aliphatic carbocycles. The third-order valence-corrected chi connectivity index (χ3v) is 12.0. The average Bonchev–Trinajstić information content (AvgIpc) is 3.32. The van der Waals surface area contributed by atoms with Crippen LogP contribution in [-0.4, -0.2) is 125 Å². The highest BCUT2D eigenvalue weighted by Crippen LogP contribution is 2.49. The molecule has 0 amide bonds. The molecular weight excluding hydrogens is 962 g/mol. The highest BCUT2D eigenvalue weighted by atomic mass is 31.2. The number of unbranched alkanes of at least 4 members (excludes halogenated alkanes) is 6. The van der Waals surface area contributed by atoms with E-state index in [0.29, 0.717) is 12.8 Å². The normalized spacial score (nSPS) is 22.7. The van der Waals surface area contributed by atoms with Crippen molar-refractivity contribution < 1.29 is 87.1 Å². The number of phosphoric ester groups is 2. The van der Waals surface area contributed by atoms with Crippen molar-refractivity contribution in [1.29, 1.82) is 0 Å². The van der Waals surface area contributed by atoms with Crippen molar-refractivity contribution in [2.24, 2.45) is 0 Å². The highest BCUT2D eigenvalue weighted by molar-refractivity contribution is 7.47. The Morgan fingerprint density at radius 2 is 1.07 bits per heavy atom. The van der Waals surface area contributed by atoms with Crippen LogP contribution in [0.25, 0.3) is 0 Å². The van der Waals surface area contributed by atoms with Crippen molar-refractivity contribution in [3.63, 3.8) is 0 Å². The second-order valence-electron chi connectivity index (χ2n) is 16.8. The number of esters is 2. The number of hydrogen-bond acceptors (Lipinski definition) is 15. The average molecular weight is 1050 g/mol. The van der Waals surface area contributed by atoms with Crippen molar-refractivity contribution in [3.8, 4) is 0 Å². The molecule has 9 N–H and O–H groups in total. The summed E-state index contributed by atoms with van der Waals surface area (Å²) in [6.45, 7) is 2.69. The van der Waals surface area contributed by atoms with Crippen molar-refractivity contribution in [2.45, 2.75) is 184 Å². The number of aliphatic hydroxyl groups excluding tert-OH is 6. The quantitative estimate of drug-likeness (QED) is 0.00938. The predicted molar refractivity (Wildman–Crippen MR) is 271 cm³/mol. The van der Waals surface area contributed by atoms with Crippen LogP contribution in [0.2, 0.25) is 0 Å². The Hall–Kier alpha value is -3.42. The van der Waals surface area contributed by atoms with Gasteiger partial charge in [0.15, 0.2) is 6.10 Å². The molecule has 0 heterocycles. The number of allylic oxidation sites excluding steroid dienone is 15. The van der Waals surface area contributed by atoms with Gasteiger partial charge in [-0.15, -0.1) is 0 Å². The molecule has 5 unspecified atom stereocenters. The molecule has 0 spiro atoms. The molecule has 1 aliphatic rings. The largest absolute Gasteiger partial charge is 0.472 e. The molecule has 71 heavy (non-hydrogen) atoms. The number of aliphatic hydroxyl groups is 6. The molecule has 404 valence electrons. The number of phosphoric acid groups is 2. The monoisotopic (exact) mass is 1040 g/mol. The highest BCUT2D eigenvalue weighted by Gasteiger charge is 2.54. The lowest BCUT2D eigenvalue weighted by Crippen LogP contribution is -2.64. The van der Waals surface area contributed by atoms with E-state index in [9.17, 15) is 64.0 Å². The minimum absolute atomic E-state index is 0.0218. The minimum atomic E-state index is -5.41. The molecule has 0 bridgehead atoms. The molecule has 1 fully saturated rings. The van der Waals surface area contributed by atoms with Crippen LogP contribution in [0.3, 0.4) is 0 Å². The molecule has 0 aromatic carbocycles. The maximum Gasteiger partial charge on any atom is 0.472 e. The van der Waals surface area contributed by atoms with Crippen LogP contribution in [-0.2, 0) is 41.8 Å². The molecule has 0 radical (unpaired) electrons. The van der Waals surface area contributed by atoms with Crippen LogP contribution in [0.4, 0.5) is 0 Å². The Morgan fingerprint density at radius 3 is 1.65 bits per heavy atom. The molecule has 0 aromatic rings. The summed E-state index contributed by atoms with van der Waals surface area (Å²) in [7, 11) is -10.8. The zero-order valence-electron chi connectivity index (χ0n) is 41.3. The fourth-order valence-corrected chi connectivity index (χ4v) is 8.20. The van der Waals surface area contributed by atoms with Gasteiger partial charge >= 0.3 is 27.6 Å². The maximum atomic E-state index is 13.0. The summed E-state index contributed by atoms with van der Waals surface area (Å²) in [4.78, 5) is 54.4. The number of rotatable bonds is 39. The lowest BCUT2D eigenvalue weighted by molar-refractivity contribution is -0.216. The molecule has 10 atom stereocenters. The fraction of sp³-hybridized carbons (Fsp3) is 0.608. The SMILES string of the molecule is CC/C=C\C/C=C\C/C=C\C/C=C\C/C=C\CCCCCC(=O)OC[C@H](COP(=O)(O)O[C@H]1C(O)C(O)C(O)[C@@H](OP(=O)(O)O)C1O)OC(=O)CCC[C@@H](O)\C=C/C=C/C=C/[C@@H](O)C/C=C\CCCCC. The maximum absolute atomic E-state index is 13.0. The first kappa shape index (κ1) is 65.6. The van der Waals surface area contributed by atoms with E-state index in [0.717, 1.165) is 70.6 Å². The molecule has 0 aromatic heterocycles. The molecule has 0 aliphatic heterocycles. The van der Waals surface area contributed by atoms with E-state index < -0.39 is 95.7 Å². The van der Waals surface area contributed by atoms with Crippen molar-refractivity contribution in [3.05, 3.63) is 109 Å². The summed E-state index contributed by atoms with van der Waals surface area (Å²) in [6, 6.07) is 0. The van der Waals surface area contributed by atoms with Crippen LogP contribution < -0.4 is 0 Å². The number of carbonyl (C=O) groups is 2. The second kappa shape index (κ2) is 40.0. The summed E-state index contributed by atoms with van der Waals surface area (Å²) in [5, 5.41) is 61.7. The van der Waals surface area contributed by atoms with Gasteiger partial charge in [-0.25, -0.2) is 9.13 Å². The number of carbonyl (C=O) groups excluding carboxylic acids is 2. The van der Waals surface area contributed by atoms with Crippen LogP contribution in [0.1, 0.15) is 129 Å².